The van der Waals surface area contributed by atoms with Crippen molar-refractivity contribution in [3.8, 4) is 0 Å². The van der Waals surface area contributed by atoms with Crippen molar-refractivity contribution in [2.45, 2.75) is 44.8 Å². The minimum Gasteiger partial charge on any atom is -0.334 e. The van der Waals surface area contributed by atoms with Gasteiger partial charge in [-0.25, -0.2) is 17.9 Å². The van der Waals surface area contributed by atoms with E-state index in [1.165, 1.54) is 0 Å². The summed E-state index contributed by atoms with van der Waals surface area (Å²) in [6, 6.07) is 1.53. The Morgan fingerprint density at radius 1 is 1.43 bits per heavy atom. The van der Waals surface area contributed by atoms with E-state index in [0.717, 1.165) is 25.5 Å². The smallest absolute Gasteiger partial charge is 0.317 e. The SMILES string of the molecule is CC(Cn1cccn1)NC(=O)N1CCCCC1CNS(C)(=O)=O. The van der Waals surface area contributed by atoms with Gasteiger partial charge in [-0.15, -0.1) is 0 Å². The van der Waals surface area contributed by atoms with Gasteiger partial charge in [0, 0.05) is 37.6 Å². The molecule has 1 saturated heterocycles. The number of likely N-dealkylation sites (tertiary alicyclic amines) is 1. The number of carbonyl (C=O) groups excluding carboxylic acids is 1. The van der Waals surface area contributed by atoms with Crippen LogP contribution >= 0.6 is 0 Å². The summed E-state index contributed by atoms with van der Waals surface area (Å²) >= 11 is 0. The predicted molar refractivity (Wildman–Crippen MR) is 87.4 cm³/mol. The second-order valence-electron chi connectivity index (χ2n) is 6.04. The van der Waals surface area contributed by atoms with Gasteiger partial charge < -0.3 is 10.2 Å². The number of hydrogen-bond donors (Lipinski definition) is 2. The lowest BCUT2D eigenvalue weighted by Crippen LogP contribution is -2.54. The molecule has 1 aliphatic heterocycles. The van der Waals surface area contributed by atoms with Crippen LogP contribution in [0.25, 0.3) is 0 Å². The van der Waals surface area contributed by atoms with Crippen molar-refractivity contribution in [2.24, 2.45) is 0 Å². The van der Waals surface area contributed by atoms with Crippen molar-refractivity contribution in [3.05, 3.63) is 18.5 Å². The lowest BCUT2D eigenvalue weighted by molar-refractivity contribution is 0.148. The van der Waals surface area contributed by atoms with Crippen LogP contribution in [0.1, 0.15) is 26.2 Å². The standard InChI is InChI=1S/C14H25N5O3S/c1-12(11-18-8-5-7-15-18)17-14(20)19-9-4-3-6-13(19)10-16-23(2,21)22/h5,7-8,12-13,16H,3-4,6,9-11H2,1-2H3,(H,17,20). The summed E-state index contributed by atoms with van der Waals surface area (Å²) in [5.41, 5.74) is 0. The highest BCUT2D eigenvalue weighted by Gasteiger charge is 2.27. The molecule has 0 radical (unpaired) electrons. The van der Waals surface area contributed by atoms with E-state index < -0.39 is 10.0 Å². The van der Waals surface area contributed by atoms with E-state index in [9.17, 15) is 13.2 Å². The van der Waals surface area contributed by atoms with Gasteiger partial charge in [-0.3, -0.25) is 4.68 Å². The first kappa shape index (κ1) is 17.7. The van der Waals surface area contributed by atoms with Gasteiger partial charge in [0.1, 0.15) is 0 Å². The van der Waals surface area contributed by atoms with E-state index in [2.05, 4.69) is 15.1 Å². The quantitative estimate of drug-likeness (QED) is 0.781. The average molecular weight is 343 g/mol. The third kappa shape index (κ3) is 5.83. The first-order valence-electron chi connectivity index (χ1n) is 7.84. The maximum atomic E-state index is 12.5. The molecule has 2 rings (SSSR count). The Labute approximate surface area is 137 Å². The van der Waals surface area contributed by atoms with Gasteiger partial charge in [0.25, 0.3) is 0 Å². The number of amides is 2. The lowest BCUT2D eigenvalue weighted by Gasteiger charge is -2.36. The second kappa shape index (κ2) is 7.78. The largest absolute Gasteiger partial charge is 0.334 e. The number of rotatable bonds is 6. The number of sulfonamides is 1. The van der Waals surface area contributed by atoms with Crippen LogP contribution in [-0.2, 0) is 16.6 Å². The highest BCUT2D eigenvalue weighted by Crippen LogP contribution is 2.17. The third-order valence-electron chi connectivity index (χ3n) is 3.86. The zero-order valence-electron chi connectivity index (χ0n) is 13.6. The van der Waals surface area contributed by atoms with Gasteiger partial charge in [0.15, 0.2) is 0 Å². The fourth-order valence-corrected chi connectivity index (χ4v) is 3.25. The summed E-state index contributed by atoms with van der Waals surface area (Å²) in [5, 5.41) is 7.09. The first-order chi connectivity index (χ1) is 10.8. The Morgan fingerprint density at radius 3 is 2.87 bits per heavy atom. The van der Waals surface area contributed by atoms with Gasteiger partial charge in [-0.1, -0.05) is 0 Å². The number of urea groups is 1. The summed E-state index contributed by atoms with van der Waals surface area (Å²) in [4.78, 5) is 14.2. The summed E-state index contributed by atoms with van der Waals surface area (Å²) in [5.74, 6) is 0. The molecule has 2 heterocycles. The number of piperidine rings is 1. The van der Waals surface area contributed by atoms with E-state index in [1.54, 1.807) is 15.8 Å². The van der Waals surface area contributed by atoms with Gasteiger partial charge >= 0.3 is 6.03 Å². The molecule has 1 aromatic rings. The van der Waals surface area contributed by atoms with E-state index in [0.29, 0.717) is 13.1 Å². The van der Waals surface area contributed by atoms with Crippen molar-refractivity contribution in [2.75, 3.05) is 19.3 Å². The van der Waals surface area contributed by atoms with Gasteiger partial charge in [0.05, 0.1) is 12.8 Å². The topological polar surface area (TPSA) is 96.3 Å². The average Bonchev–Trinajstić information content (AvgIpc) is 2.97. The molecule has 0 bridgehead atoms. The fraction of sp³-hybridized carbons (Fsp3) is 0.714. The van der Waals surface area contributed by atoms with E-state index in [4.69, 9.17) is 0 Å². The lowest BCUT2D eigenvalue weighted by atomic mass is 10.0. The highest BCUT2D eigenvalue weighted by molar-refractivity contribution is 7.88. The molecular weight excluding hydrogens is 318 g/mol. The van der Waals surface area contributed by atoms with Crippen LogP contribution in [0.5, 0.6) is 0 Å². The Kier molecular flexibility index (Phi) is 6.00. The molecule has 8 nitrogen and oxygen atoms in total. The molecule has 1 aromatic heterocycles. The van der Waals surface area contributed by atoms with Crippen molar-refractivity contribution >= 4 is 16.1 Å². The normalized spacial score (nSPS) is 20.3. The molecule has 2 N–H and O–H groups in total. The second-order valence-corrected chi connectivity index (χ2v) is 7.88. The van der Waals surface area contributed by atoms with Crippen LogP contribution in [0.3, 0.4) is 0 Å². The molecule has 9 heteroatoms. The molecule has 2 atom stereocenters. The molecule has 2 amide bonds. The highest BCUT2D eigenvalue weighted by atomic mass is 32.2. The Hall–Kier alpha value is -1.61. The summed E-state index contributed by atoms with van der Waals surface area (Å²) < 4.78 is 26.8. The maximum Gasteiger partial charge on any atom is 0.317 e. The van der Waals surface area contributed by atoms with Crippen molar-refractivity contribution in [1.82, 2.24) is 24.7 Å². The molecule has 1 aliphatic rings. The molecule has 0 aromatic carbocycles. The molecule has 23 heavy (non-hydrogen) atoms. The van der Waals surface area contributed by atoms with Crippen molar-refractivity contribution in [3.63, 3.8) is 0 Å². The van der Waals surface area contributed by atoms with Crippen molar-refractivity contribution in [1.29, 1.82) is 0 Å². The van der Waals surface area contributed by atoms with Crippen LogP contribution in [0, 0.1) is 0 Å². The molecule has 0 spiro atoms. The van der Waals surface area contributed by atoms with E-state index in [-0.39, 0.29) is 24.7 Å². The third-order valence-corrected chi connectivity index (χ3v) is 4.55. The zero-order chi connectivity index (χ0) is 16.9. The minimum absolute atomic E-state index is 0.0622. The van der Waals surface area contributed by atoms with Crippen molar-refractivity contribution < 1.29 is 13.2 Å². The molecule has 2 unspecified atom stereocenters. The molecule has 130 valence electrons. The summed E-state index contributed by atoms with van der Waals surface area (Å²) in [7, 11) is -3.25. The molecule has 0 aliphatic carbocycles. The monoisotopic (exact) mass is 343 g/mol. The van der Waals surface area contributed by atoms with Gasteiger partial charge in [0.2, 0.25) is 10.0 Å². The zero-order valence-corrected chi connectivity index (χ0v) is 14.4. The summed E-state index contributed by atoms with van der Waals surface area (Å²) in [6.45, 7) is 3.43. The predicted octanol–water partition coefficient (Wildman–Crippen LogP) is 0.385. The number of carbonyl (C=O) groups is 1. The number of hydrogen-bond acceptors (Lipinski definition) is 4. The van der Waals surface area contributed by atoms with Crippen LogP contribution < -0.4 is 10.0 Å². The maximum absolute atomic E-state index is 12.5. The fourth-order valence-electron chi connectivity index (χ4n) is 2.76. The number of nitrogens with one attached hydrogen (secondary N) is 2. The van der Waals surface area contributed by atoms with Crippen LogP contribution in [0.2, 0.25) is 0 Å². The minimum atomic E-state index is -3.25. The summed E-state index contributed by atoms with van der Waals surface area (Å²) in [6.07, 6.45) is 7.43. The Bertz CT molecular complexity index is 602. The van der Waals surface area contributed by atoms with Gasteiger partial charge in [-0.2, -0.15) is 5.10 Å². The Morgan fingerprint density at radius 2 is 2.22 bits per heavy atom. The van der Waals surface area contributed by atoms with Crippen LogP contribution in [0.15, 0.2) is 18.5 Å². The van der Waals surface area contributed by atoms with E-state index in [1.807, 2.05) is 19.2 Å². The first-order valence-corrected chi connectivity index (χ1v) is 9.73. The molecule has 1 fully saturated rings. The van der Waals surface area contributed by atoms with Crippen LogP contribution in [0.4, 0.5) is 4.79 Å². The van der Waals surface area contributed by atoms with Crippen LogP contribution in [-0.4, -0.2) is 60.6 Å². The number of aromatic nitrogens is 2. The van der Waals surface area contributed by atoms with Gasteiger partial charge in [-0.05, 0) is 32.3 Å². The molecular formula is C14H25N5O3S. The van der Waals surface area contributed by atoms with E-state index >= 15 is 0 Å². The number of nitrogens with zero attached hydrogens (tertiary/aromatic N) is 3. The Balaban J connectivity index is 1.89. The molecule has 0 saturated carbocycles.